The first kappa shape index (κ1) is 12.7. The van der Waals surface area contributed by atoms with Crippen molar-refractivity contribution >= 4 is 42.3 Å². The zero-order valence-corrected chi connectivity index (χ0v) is 13.9. The Hall–Kier alpha value is -2.64. The quantitative estimate of drug-likeness (QED) is 0.289. The summed E-state index contributed by atoms with van der Waals surface area (Å²) in [6.45, 7) is 0. The highest BCUT2D eigenvalue weighted by molar-refractivity contribution is 7.26. The average molecular weight is 322 g/mol. The summed E-state index contributed by atoms with van der Waals surface area (Å²) in [5, 5.41) is 5.51. The van der Waals surface area contributed by atoms with E-state index in [4.69, 9.17) is 0 Å². The van der Waals surface area contributed by atoms with E-state index in [0.29, 0.717) is 0 Å². The number of thiophene rings is 1. The maximum absolute atomic E-state index is 2.42. The van der Waals surface area contributed by atoms with E-state index >= 15 is 0 Å². The standard InChI is InChI=1S/C23H14S/c1-2-6-17-14(5-1)11-16-12-15-9-10-19-18-7-3-4-8-22(18)24-23(19)21(15)13-20(16)17/h1-10,12-13H,11H2. The molecule has 4 aromatic carbocycles. The molecule has 0 saturated heterocycles. The van der Waals surface area contributed by atoms with E-state index < -0.39 is 0 Å². The van der Waals surface area contributed by atoms with Gasteiger partial charge in [-0.2, -0.15) is 0 Å². The summed E-state index contributed by atoms with van der Waals surface area (Å²) in [6, 6.07) is 27.0. The molecule has 0 bridgehead atoms. The molecule has 0 spiro atoms. The Bertz CT molecular complexity index is 1270. The van der Waals surface area contributed by atoms with Gasteiger partial charge in [-0.05, 0) is 46.2 Å². The van der Waals surface area contributed by atoms with Crippen LogP contribution in [0.25, 0.3) is 42.1 Å². The first-order chi connectivity index (χ1) is 11.9. The van der Waals surface area contributed by atoms with Crippen molar-refractivity contribution in [2.75, 3.05) is 0 Å². The number of hydrogen-bond acceptors (Lipinski definition) is 1. The fraction of sp³-hybridized carbons (Fsp3) is 0.0435. The van der Waals surface area contributed by atoms with Crippen molar-refractivity contribution in [3.05, 3.63) is 83.9 Å². The zero-order chi connectivity index (χ0) is 15.7. The highest BCUT2D eigenvalue weighted by Crippen LogP contribution is 2.43. The second kappa shape index (κ2) is 4.46. The Kier molecular flexibility index (Phi) is 2.37. The molecule has 1 aliphatic carbocycles. The molecule has 24 heavy (non-hydrogen) atoms. The van der Waals surface area contributed by atoms with Crippen LogP contribution in [0.15, 0.2) is 72.8 Å². The van der Waals surface area contributed by atoms with Crippen molar-refractivity contribution in [1.82, 2.24) is 0 Å². The van der Waals surface area contributed by atoms with E-state index in [1.165, 1.54) is 53.2 Å². The number of benzene rings is 4. The minimum absolute atomic E-state index is 1.06. The van der Waals surface area contributed by atoms with Crippen LogP contribution in [0.5, 0.6) is 0 Å². The Balaban J connectivity index is 1.77. The van der Waals surface area contributed by atoms with Crippen LogP contribution in [-0.2, 0) is 6.42 Å². The van der Waals surface area contributed by atoms with E-state index in [0.717, 1.165) is 6.42 Å². The van der Waals surface area contributed by atoms with Gasteiger partial charge < -0.3 is 0 Å². The van der Waals surface area contributed by atoms with Gasteiger partial charge in [-0.15, -0.1) is 11.3 Å². The lowest BCUT2D eigenvalue weighted by Gasteiger charge is -2.06. The van der Waals surface area contributed by atoms with Crippen LogP contribution in [-0.4, -0.2) is 0 Å². The van der Waals surface area contributed by atoms with Gasteiger partial charge >= 0.3 is 0 Å². The Morgan fingerprint density at radius 1 is 0.625 bits per heavy atom. The summed E-state index contributed by atoms with van der Waals surface area (Å²) in [5.74, 6) is 0. The number of fused-ring (bicyclic) bond motifs is 8. The van der Waals surface area contributed by atoms with E-state index in [2.05, 4.69) is 72.8 Å². The summed E-state index contributed by atoms with van der Waals surface area (Å²) >= 11 is 1.92. The van der Waals surface area contributed by atoms with E-state index in [-0.39, 0.29) is 0 Å². The van der Waals surface area contributed by atoms with Gasteiger partial charge in [-0.1, -0.05) is 60.7 Å². The second-order valence-electron chi connectivity index (χ2n) is 6.60. The Labute approximate surface area is 144 Å². The average Bonchev–Trinajstić information content (AvgIpc) is 3.18. The third-order valence-electron chi connectivity index (χ3n) is 5.27. The lowest BCUT2D eigenvalue weighted by Crippen LogP contribution is -1.82. The zero-order valence-electron chi connectivity index (χ0n) is 13.0. The first-order valence-electron chi connectivity index (χ1n) is 8.34. The number of rotatable bonds is 0. The smallest absolute Gasteiger partial charge is 0.0434 e. The molecule has 0 atom stereocenters. The lowest BCUT2D eigenvalue weighted by atomic mass is 9.99. The Morgan fingerprint density at radius 2 is 1.50 bits per heavy atom. The van der Waals surface area contributed by atoms with Gasteiger partial charge in [-0.25, -0.2) is 0 Å². The highest BCUT2D eigenvalue weighted by atomic mass is 32.1. The summed E-state index contributed by atoms with van der Waals surface area (Å²) < 4.78 is 2.79. The lowest BCUT2D eigenvalue weighted by molar-refractivity contribution is 1.27. The fourth-order valence-electron chi connectivity index (χ4n) is 4.14. The third-order valence-corrected chi connectivity index (χ3v) is 6.49. The molecule has 0 fully saturated rings. The van der Waals surface area contributed by atoms with Crippen LogP contribution in [0.4, 0.5) is 0 Å². The maximum atomic E-state index is 2.42. The molecule has 1 aromatic heterocycles. The summed E-state index contributed by atoms with van der Waals surface area (Å²) in [4.78, 5) is 0. The Morgan fingerprint density at radius 3 is 2.50 bits per heavy atom. The van der Waals surface area contributed by atoms with Gasteiger partial charge in [0.1, 0.15) is 0 Å². The second-order valence-corrected chi connectivity index (χ2v) is 7.66. The van der Waals surface area contributed by atoms with Gasteiger partial charge in [0.2, 0.25) is 0 Å². The van der Waals surface area contributed by atoms with Gasteiger partial charge in [-0.3, -0.25) is 0 Å². The van der Waals surface area contributed by atoms with Gasteiger partial charge in [0.05, 0.1) is 0 Å². The monoisotopic (exact) mass is 322 g/mol. The van der Waals surface area contributed by atoms with Gasteiger partial charge in [0.25, 0.3) is 0 Å². The molecule has 0 aliphatic heterocycles. The molecular formula is C23H14S. The SMILES string of the molecule is c1ccc2c(c1)Cc1cc3ccc4c5ccccc5sc4c3cc1-2. The van der Waals surface area contributed by atoms with Crippen molar-refractivity contribution in [2.45, 2.75) is 6.42 Å². The molecule has 112 valence electrons. The fourth-order valence-corrected chi connectivity index (χ4v) is 5.37. The molecule has 6 rings (SSSR count). The largest absolute Gasteiger partial charge is 0.135 e. The summed E-state index contributed by atoms with van der Waals surface area (Å²) in [7, 11) is 0. The minimum atomic E-state index is 1.06. The molecule has 0 N–H and O–H groups in total. The molecule has 0 unspecified atom stereocenters. The van der Waals surface area contributed by atoms with Crippen LogP contribution >= 0.6 is 11.3 Å². The molecule has 0 saturated carbocycles. The highest BCUT2D eigenvalue weighted by Gasteiger charge is 2.19. The van der Waals surface area contributed by atoms with Crippen molar-refractivity contribution in [2.24, 2.45) is 0 Å². The molecule has 1 aliphatic rings. The van der Waals surface area contributed by atoms with Crippen LogP contribution < -0.4 is 0 Å². The number of hydrogen-bond donors (Lipinski definition) is 0. The molecule has 0 radical (unpaired) electrons. The van der Waals surface area contributed by atoms with Gasteiger partial charge in [0.15, 0.2) is 0 Å². The van der Waals surface area contributed by atoms with E-state index in [1.807, 2.05) is 11.3 Å². The first-order valence-corrected chi connectivity index (χ1v) is 9.15. The van der Waals surface area contributed by atoms with Crippen molar-refractivity contribution in [1.29, 1.82) is 0 Å². The van der Waals surface area contributed by atoms with Crippen LogP contribution in [0, 0.1) is 0 Å². The summed E-state index contributed by atoms with van der Waals surface area (Å²) in [5.41, 5.74) is 5.75. The van der Waals surface area contributed by atoms with Crippen LogP contribution in [0.2, 0.25) is 0 Å². The van der Waals surface area contributed by atoms with Crippen molar-refractivity contribution in [3.8, 4) is 11.1 Å². The van der Waals surface area contributed by atoms with Crippen LogP contribution in [0.1, 0.15) is 11.1 Å². The van der Waals surface area contributed by atoms with E-state index in [9.17, 15) is 0 Å². The molecule has 1 heterocycles. The van der Waals surface area contributed by atoms with Crippen molar-refractivity contribution < 1.29 is 0 Å². The van der Waals surface area contributed by atoms with Crippen molar-refractivity contribution in [3.63, 3.8) is 0 Å². The molecule has 0 nitrogen and oxygen atoms in total. The third kappa shape index (κ3) is 1.58. The minimum Gasteiger partial charge on any atom is -0.135 e. The molecule has 5 aromatic rings. The molecule has 0 amide bonds. The van der Waals surface area contributed by atoms with E-state index in [1.54, 1.807) is 0 Å². The maximum Gasteiger partial charge on any atom is 0.0434 e. The topological polar surface area (TPSA) is 0 Å². The molecular weight excluding hydrogens is 308 g/mol. The van der Waals surface area contributed by atoms with Gasteiger partial charge in [0, 0.05) is 25.6 Å². The predicted octanol–water partition coefficient (Wildman–Crippen LogP) is 6.78. The van der Waals surface area contributed by atoms with Crippen LogP contribution in [0.3, 0.4) is 0 Å². The normalized spacial score (nSPS) is 12.8. The summed E-state index contributed by atoms with van der Waals surface area (Å²) in [6.07, 6.45) is 1.06. The predicted molar refractivity (Wildman–Crippen MR) is 105 cm³/mol. The molecule has 1 heteroatoms.